The third-order valence-electron chi connectivity index (χ3n) is 5.94. The Morgan fingerprint density at radius 2 is 1.39 bits per heavy atom. The molecule has 38 heavy (non-hydrogen) atoms. The first-order valence-corrected chi connectivity index (χ1v) is 14.0. The minimum absolute atomic E-state index is 0.0554. The lowest BCUT2D eigenvalue weighted by molar-refractivity contribution is 0.480. The summed E-state index contributed by atoms with van der Waals surface area (Å²) in [6.45, 7) is 0. The molecule has 0 unspecified atom stereocenters. The first-order chi connectivity index (χ1) is 17.9. The largest absolute Gasteiger partial charge is 0.507 e. The van der Waals surface area contributed by atoms with Gasteiger partial charge in [-0.25, -0.2) is 0 Å². The van der Waals surface area contributed by atoms with Gasteiger partial charge in [0.25, 0.3) is 20.2 Å². The molecule has 12 heteroatoms. The zero-order valence-electron chi connectivity index (χ0n) is 19.5. The molecule has 5 aromatic carbocycles. The van der Waals surface area contributed by atoms with Gasteiger partial charge in [-0.15, -0.1) is 0 Å². The predicted octanol–water partition coefficient (Wildman–Crippen LogP) is 5.26. The van der Waals surface area contributed by atoms with E-state index in [1.165, 1.54) is 18.2 Å². The van der Waals surface area contributed by atoms with Crippen molar-refractivity contribution in [3.8, 4) is 5.75 Å². The second-order valence-electron chi connectivity index (χ2n) is 8.52. The number of hydrogen-bond donors (Lipinski definition) is 6. The molecule has 10 nitrogen and oxygen atoms in total. The maximum Gasteiger partial charge on any atom is 0.298 e. The summed E-state index contributed by atoms with van der Waals surface area (Å²) in [5, 5.41) is 18.4. The summed E-state index contributed by atoms with van der Waals surface area (Å²) >= 11 is 0. The van der Waals surface area contributed by atoms with Gasteiger partial charge in [0, 0.05) is 27.8 Å². The summed E-state index contributed by atoms with van der Waals surface area (Å²) in [4.78, 5) is -1.61. The van der Waals surface area contributed by atoms with Gasteiger partial charge >= 0.3 is 0 Å². The molecule has 0 fully saturated rings. The van der Waals surface area contributed by atoms with Crippen LogP contribution in [0.25, 0.3) is 21.5 Å². The number of benzene rings is 5. The van der Waals surface area contributed by atoms with E-state index in [4.69, 9.17) is 5.73 Å². The van der Waals surface area contributed by atoms with Gasteiger partial charge in [-0.1, -0.05) is 42.5 Å². The molecular formula is C26H21N3O7S2. The van der Waals surface area contributed by atoms with Gasteiger partial charge in [-0.05, 0) is 53.2 Å². The third kappa shape index (κ3) is 4.80. The number of anilines is 5. The number of phenolic OH excluding ortho intramolecular Hbond substituents is 1. The maximum absolute atomic E-state index is 12.7. The van der Waals surface area contributed by atoms with Crippen molar-refractivity contribution < 1.29 is 31.0 Å². The summed E-state index contributed by atoms with van der Waals surface area (Å²) < 4.78 is 69.9. The standard InChI is InChI=1S/C26H21N3O7S2/c27-17-12-16-4-1-2-6-19(16)22(13-17)29-21-10-11-24(37(31,32)33)25(26(21)38(34,35)36)28-18-9-8-15-5-3-7-23(30)20(15)14-18/h1-14,28-30H,27H2,(H,31,32,33)(H,34,35,36). The molecule has 0 atom stereocenters. The molecule has 0 aliphatic carbocycles. The molecule has 0 bridgehead atoms. The van der Waals surface area contributed by atoms with E-state index >= 15 is 0 Å². The van der Waals surface area contributed by atoms with Gasteiger partial charge in [-0.3, -0.25) is 9.11 Å². The first kappa shape index (κ1) is 25.3. The van der Waals surface area contributed by atoms with E-state index in [0.29, 0.717) is 27.5 Å². The number of fused-ring (bicyclic) bond motifs is 2. The van der Waals surface area contributed by atoms with Crippen molar-refractivity contribution in [2.45, 2.75) is 9.79 Å². The van der Waals surface area contributed by atoms with Crippen LogP contribution in [0.2, 0.25) is 0 Å². The van der Waals surface area contributed by atoms with Crippen LogP contribution in [0.3, 0.4) is 0 Å². The summed E-state index contributed by atoms with van der Waals surface area (Å²) in [5.74, 6) is -0.0554. The number of nitrogens with one attached hydrogen (secondary N) is 2. The minimum Gasteiger partial charge on any atom is -0.507 e. The Balaban J connectivity index is 1.74. The van der Waals surface area contributed by atoms with E-state index in [1.807, 2.05) is 6.07 Å². The SMILES string of the molecule is Nc1cc(Nc2ccc(S(=O)(=O)O)c(Nc3ccc4cccc(O)c4c3)c2S(=O)(=O)O)c2ccccc2c1. The highest BCUT2D eigenvalue weighted by Gasteiger charge is 2.29. The Hall–Kier alpha value is -4.36. The Morgan fingerprint density at radius 3 is 2.13 bits per heavy atom. The molecule has 0 heterocycles. The smallest absolute Gasteiger partial charge is 0.298 e. The molecule has 0 aliphatic heterocycles. The van der Waals surface area contributed by atoms with Gasteiger partial charge in [0.2, 0.25) is 0 Å². The van der Waals surface area contributed by atoms with Crippen LogP contribution >= 0.6 is 0 Å². The van der Waals surface area contributed by atoms with Crippen LogP contribution in [-0.4, -0.2) is 31.0 Å². The molecule has 0 saturated carbocycles. The Morgan fingerprint density at radius 1 is 0.658 bits per heavy atom. The number of aromatic hydroxyl groups is 1. The van der Waals surface area contributed by atoms with Crippen LogP contribution in [-0.2, 0) is 20.2 Å². The van der Waals surface area contributed by atoms with Gasteiger partial charge in [0.15, 0.2) is 0 Å². The molecule has 0 radical (unpaired) electrons. The van der Waals surface area contributed by atoms with Gasteiger partial charge in [0.1, 0.15) is 15.5 Å². The molecule has 0 amide bonds. The quantitative estimate of drug-likeness (QED) is 0.120. The minimum atomic E-state index is -5.08. The normalized spacial score (nSPS) is 12.1. The van der Waals surface area contributed by atoms with Crippen molar-refractivity contribution in [2.75, 3.05) is 16.4 Å². The van der Waals surface area contributed by atoms with Crippen LogP contribution in [0, 0.1) is 0 Å². The molecule has 0 spiro atoms. The topological polar surface area (TPSA) is 179 Å². The summed E-state index contributed by atoms with van der Waals surface area (Å²) in [7, 11) is -10.0. The fourth-order valence-corrected chi connectivity index (χ4v) is 5.86. The highest BCUT2D eigenvalue weighted by molar-refractivity contribution is 7.87. The fourth-order valence-electron chi connectivity index (χ4n) is 4.32. The van der Waals surface area contributed by atoms with E-state index in [0.717, 1.165) is 17.5 Å². The number of nitrogens with two attached hydrogens (primary N) is 1. The van der Waals surface area contributed by atoms with Crippen molar-refractivity contribution in [3.63, 3.8) is 0 Å². The Labute approximate surface area is 217 Å². The monoisotopic (exact) mass is 551 g/mol. The van der Waals surface area contributed by atoms with Crippen LogP contribution in [0.15, 0.2) is 94.7 Å². The van der Waals surface area contributed by atoms with E-state index < -0.39 is 35.7 Å². The highest BCUT2D eigenvalue weighted by Crippen LogP contribution is 2.40. The van der Waals surface area contributed by atoms with Crippen LogP contribution in [0.5, 0.6) is 5.75 Å². The molecule has 0 aromatic heterocycles. The zero-order chi connectivity index (χ0) is 27.2. The Bertz CT molecular complexity index is 1960. The summed E-state index contributed by atoms with van der Waals surface area (Å²) in [5.41, 5.74) is 6.20. The summed E-state index contributed by atoms with van der Waals surface area (Å²) in [6, 6.07) is 22.0. The molecule has 5 aromatic rings. The molecule has 0 saturated heterocycles. The van der Waals surface area contributed by atoms with Crippen LogP contribution < -0.4 is 16.4 Å². The van der Waals surface area contributed by atoms with E-state index in [9.17, 15) is 31.0 Å². The number of rotatable bonds is 6. The molecular weight excluding hydrogens is 530 g/mol. The van der Waals surface area contributed by atoms with Gasteiger partial charge < -0.3 is 21.5 Å². The molecule has 5 rings (SSSR count). The summed E-state index contributed by atoms with van der Waals surface area (Å²) in [6.07, 6.45) is 0. The van der Waals surface area contributed by atoms with Crippen LogP contribution in [0.4, 0.5) is 28.4 Å². The number of phenols is 1. The number of hydrogen-bond acceptors (Lipinski definition) is 8. The first-order valence-electron chi connectivity index (χ1n) is 11.1. The average Bonchev–Trinajstić information content (AvgIpc) is 2.83. The second-order valence-corrected chi connectivity index (χ2v) is 11.3. The predicted molar refractivity (Wildman–Crippen MR) is 147 cm³/mol. The highest BCUT2D eigenvalue weighted by atomic mass is 32.2. The molecule has 7 N–H and O–H groups in total. The van der Waals surface area contributed by atoms with Gasteiger partial charge in [-0.2, -0.15) is 16.8 Å². The maximum atomic E-state index is 12.7. The lowest BCUT2D eigenvalue weighted by atomic mass is 10.1. The zero-order valence-corrected chi connectivity index (χ0v) is 21.1. The van der Waals surface area contributed by atoms with Crippen LogP contribution in [0.1, 0.15) is 0 Å². The van der Waals surface area contributed by atoms with E-state index in [1.54, 1.807) is 48.5 Å². The second kappa shape index (κ2) is 9.19. The van der Waals surface area contributed by atoms with Crippen molar-refractivity contribution in [1.29, 1.82) is 0 Å². The fraction of sp³-hybridized carbons (Fsp3) is 0. The lowest BCUT2D eigenvalue weighted by Gasteiger charge is -2.19. The lowest BCUT2D eigenvalue weighted by Crippen LogP contribution is -2.12. The third-order valence-corrected chi connectivity index (χ3v) is 7.77. The van der Waals surface area contributed by atoms with E-state index in [2.05, 4.69) is 10.6 Å². The Kier molecular flexibility index (Phi) is 6.12. The van der Waals surface area contributed by atoms with Gasteiger partial charge in [0.05, 0.1) is 11.4 Å². The van der Waals surface area contributed by atoms with Crippen molar-refractivity contribution in [3.05, 3.63) is 84.9 Å². The van der Waals surface area contributed by atoms with E-state index in [-0.39, 0.29) is 17.1 Å². The average molecular weight is 552 g/mol. The molecule has 194 valence electrons. The van der Waals surface area contributed by atoms with Crippen molar-refractivity contribution >= 4 is 70.2 Å². The van der Waals surface area contributed by atoms with Crippen molar-refractivity contribution in [1.82, 2.24) is 0 Å². The van der Waals surface area contributed by atoms with Crippen molar-refractivity contribution in [2.24, 2.45) is 0 Å². The number of nitrogen functional groups attached to an aromatic ring is 1. The molecule has 0 aliphatic rings.